The number of nitrogens with zero attached hydrogens (tertiary/aromatic N) is 1. The van der Waals surface area contributed by atoms with Crippen LogP contribution in [0.5, 0.6) is 5.75 Å². The van der Waals surface area contributed by atoms with Gasteiger partial charge in [-0.1, -0.05) is 44.2 Å². The van der Waals surface area contributed by atoms with Gasteiger partial charge in [0.2, 0.25) is 0 Å². The van der Waals surface area contributed by atoms with Crippen LogP contribution in [0.1, 0.15) is 25.0 Å². The van der Waals surface area contributed by atoms with Crippen molar-refractivity contribution >= 4 is 6.08 Å². The number of para-hydroxylation sites is 1. The van der Waals surface area contributed by atoms with Crippen molar-refractivity contribution in [1.29, 1.82) is 0 Å². The molecule has 3 heteroatoms. The van der Waals surface area contributed by atoms with Crippen LogP contribution in [0.4, 0.5) is 0 Å². The smallest absolute Gasteiger partial charge is 0.126 e. The molecular weight excluding hydrogens is 262 g/mol. The Bertz CT molecular complexity index is 608. The van der Waals surface area contributed by atoms with E-state index in [0.717, 1.165) is 16.9 Å². The molecule has 3 nitrogen and oxygen atoms in total. The molecule has 2 aromatic rings. The SMILES string of the molecule is COc1ccccc1/C=C/C(O)(c1cccnc1)C(C)C. The number of hydrogen-bond donors (Lipinski definition) is 1. The molecule has 1 aromatic carbocycles. The molecule has 0 spiro atoms. The van der Waals surface area contributed by atoms with E-state index in [-0.39, 0.29) is 5.92 Å². The number of rotatable bonds is 5. The average molecular weight is 283 g/mol. The molecular formula is C18H21NO2. The number of aliphatic hydroxyl groups is 1. The summed E-state index contributed by atoms with van der Waals surface area (Å²) in [5.74, 6) is 0.804. The Labute approximate surface area is 125 Å². The molecule has 1 heterocycles. The Morgan fingerprint density at radius 3 is 2.57 bits per heavy atom. The molecule has 0 fully saturated rings. The number of pyridine rings is 1. The van der Waals surface area contributed by atoms with Crippen molar-refractivity contribution in [2.24, 2.45) is 5.92 Å². The van der Waals surface area contributed by atoms with Gasteiger partial charge in [0.1, 0.15) is 11.4 Å². The zero-order chi connectivity index (χ0) is 15.3. The molecule has 0 aliphatic heterocycles. The summed E-state index contributed by atoms with van der Waals surface area (Å²) in [6, 6.07) is 11.4. The monoisotopic (exact) mass is 283 g/mol. The van der Waals surface area contributed by atoms with Crippen LogP contribution in [0, 0.1) is 5.92 Å². The van der Waals surface area contributed by atoms with Crippen molar-refractivity contribution < 1.29 is 9.84 Å². The van der Waals surface area contributed by atoms with Crippen LogP contribution in [-0.4, -0.2) is 17.2 Å². The lowest BCUT2D eigenvalue weighted by atomic mass is 9.83. The standard InChI is InChI=1S/C18H21NO2/c1-14(2)18(20,16-8-6-12-19-13-16)11-10-15-7-4-5-9-17(15)21-3/h4-14,20H,1-3H3/b11-10+. The zero-order valence-electron chi connectivity index (χ0n) is 12.7. The van der Waals surface area contributed by atoms with Crippen LogP contribution in [0.3, 0.4) is 0 Å². The Balaban J connectivity index is 2.39. The average Bonchev–Trinajstić information content (AvgIpc) is 2.53. The Kier molecular flexibility index (Phi) is 4.76. The molecule has 1 aromatic heterocycles. The van der Waals surface area contributed by atoms with Gasteiger partial charge in [-0.05, 0) is 24.1 Å². The van der Waals surface area contributed by atoms with Crippen LogP contribution in [0.15, 0.2) is 54.9 Å². The third-order valence-corrected chi connectivity index (χ3v) is 3.66. The maximum atomic E-state index is 11.0. The maximum absolute atomic E-state index is 11.0. The number of ether oxygens (including phenoxy) is 1. The molecule has 1 N–H and O–H groups in total. The van der Waals surface area contributed by atoms with Crippen molar-refractivity contribution in [1.82, 2.24) is 4.98 Å². The first-order valence-corrected chi connectivity index (χ1v) is 7.03. The third kappa shape index (κ3) is 3.31. The van der Waals surface area contributed by atoms with Gasteiger partial charge in [-0.2, -0.15) is 0 Å². The van der Waals surface area contributed by atoms with Gasteiger partial charge in [-0.3, -0.25) is 4.98 Å². The summed E-state index contributed by atoms with van der Waals surface area (Å²) in [7, 11) is 1.64. The molecule has 0 aliphatic rings. The summed E-state index contributed by atoms with van der Waals surface area (Å²) in [5.41, 5.74) is 0.656. The lowest BCUT2D eigenvalue weighted by molar-refractivity contribution is 0.0404. The molecule has 21 heavy (non-hydrogen) atoms. The van der Waals surface area contributed by atoms with Crippen LogP contribution in [-0.2, 0) is 5.60 Å². The third-order valence-electron chi connectivity index (χ3n) is 3.66. The van der Waals surface area contributed by atoms with Gasteiger partial charge in [-0.25, -0.2) is 0 Å². The van der Waals surface area contributed by atoms with Gasteiger partial charge in [0.25, 0.3) is 0 Å². The summed E-state index contributed by atoms with van der Waals surface area (Å²) >= 11 is 0. The second kappa shape index (κ2) is 6.55. The van der Waals surface area contributed by atoms with E-state index in [9.17, 15) is 5.11 Å². The molecule has 1 unspecified atom stereocenters. The fraction of sp³-hybridized carbons (Fsp3) is 0.278. The minimum atomic E-state index is -1.06. The van der Waals surface area contributed by atoms with E-state index in [1.165, 1.54) is 0 Å². The first kappa shape index (κ1) is 15.3. The van der Waals surface area contributed by atoms with Gasteiger partial charge in [0.05, 0.1) is 7.11 Å². The summed E-state index contributed by atoms with van der Waals surface area (Å²) in [4.78, 5) is 4.10. The summed E-state index contributed by atoms with van der Waals surface area (Å²) in [6.07, 6.45) is 7.11. The molecule has 0 saturated heterocycles. The second-order valence-corrected chi connectivity index (χ2v) is 5.30. The van der Waals surface area contributed by atoms with E-state index in [0.29, 0.717) is 0 Å². The highest BCUT2D eigenvalue weighted by atomic mass is 16.5. The molecule has 0 saturated carbocycles. The lowest BCUT2D eigenvalue weighted by Crippen LogP contribution is -2.29. The van der Waals surface area contributed by atoms with Crippen LogP contribution < -0.4 is 4.74 Å². The highest BCUT2D eigenvalue weighted by molar-refractivity contribution is 5.58. The van der Waals surface area contributed by atoms with Gasteiger partial charge < -0.3 is 9.84 Å². The largest absolute Gasteiger partial charge is 0.496 e. The molecule has 0 amide bonds. The highest BCUT2D eigenvalue weighted by Crippen LogP contribution is 2.32. The topological polar surface area (TPSA) is 42.4 Å². The number of aromatic nitrogens is 1. The van der Waals surface area contributed by atoms with Crippen molar-refractivity contribution in [2.45, 2.75) is 19.4 Å². The Morgan fingerprint density at radius 1 is 1.19 bits per heavy atom. The van der Waals surface area contributed by atoms with Crippen molar-refractivity contribution in [3.8, 4) is 5.75 Å². The molecule has 0 radical (unpaired) electrons. The summed E-state index contributed by atoms with van der Waals surface area (Å²) in [5, 5.41) is 11.0. The number of hydrogen-bond acceptors (Lipinski definition) is 3. The first-order chi connectivity index (χ1) is 10.1. The molecule has 0 bridgehead atoms. The van der Waals surface area contributed by atoms with Gasteiger partial charge in [-0.15, -0.1) is 0 Å². The van der Waals surface area contributed by atoms with E-state index in [1.807, 2.05) is 62.4 Å². The second-order valence-electron chi connectivity index (χ2n) is 5.30. The molecule has 2 rings (SSSR count). The lowest BCUT2D eigenvalue weighted by Gasteiger charge is -2.29. The van der Waals surface area contributed by atoms with E-state index in [4.69, 9.17) is 4.74 Å². The van der Waals surface area contributed by atoms with Crippen LogP contribution in [0.2, 0.25) is 0 Å². The van der Waals surface area contributed by atoms with E-state index < -0.39 is 5.60 Å². The van der Waals surface area contributed by atoms with Crippen molar-refractivity contribution in [3.05, 3.63) is 66.0 Å². The summed E-state index contributed by atoms with van der Waals surface area (Å²) in [6.45, 7) is 3.97. The highest BCUT2D eigenvalue weighted by Gasteiger charge is 2.30. The summed E-state index contributed by atoms with van der Waals surface area (Å²) < 4.78 is 5.33. The van der Waals surface area contributed by atoms with E-state index >= 15 is 0 Å². The predicted octanol–water partition coefficient (Wildman–Crippen LogP) is 3.65. The molecule has 110 valence electrons. The number of methoxy groups -OCH3 is 1. The minimum Gasteiger partial charge on any atom is -0.496 e. The fourth-order valence-corrected chi connectivity index (χ4v) is 2.24. The zero-order valence-corrected chi connectivity index (χ0v) is 12.7. The first-order valence-electron chi connectivity index (χ1n) is 7.03. The van der Waals surface area contributed by atoms with Crippen LogP contribution in [0.25, 0.3) is 6.08 Å². The van der Waals surface area contributed by atoms with Crippen molar-refractivity contribution in [3.63, 3.8) is 0 Å². The number of benzene rings is 1. The van der Waals surface area contributed by atoms with Gasteiger partial charge >= 0.3 is 0 Å². The van der Waals surface area contributed by atoms with Crippen molar-refractivity contribution in [2.75, 3.05) is 7.11 Å². The molecule has 1 atom stereocenters. The van der Waals surface area contributed by atoms with Crippen LogP contribution >= 0.6 is 0 Å². The maximum Gasteiger partial charge on any atom is 0.126 e. The quantitative estimate of drug-likeness (QED) is 0.910. The fourth-order valence-electron chi connectivity index (χ4n) is 2.24. The Hall–Kier alpha value is -2.13. The predicted molar refractivity (Wildman–Crippen MR) is 85.0 cm³/mol. The van der Waals surface area contributed by atoms with E-state index in [1.54, 1.807) is 19.5 Å². The van der Waals surface area contributed by atoms with E-state index in [2.05, 4.69) is 4.98 Å². The minimum absolute atomic E-state index is 0.0210. The van der Waals surface area contributed by atoms with Gasteiger partial charge in [0.15, 0.2) is 0 Å². The molecule has 0 aliphatic carbocycles. The van der Waals surface area contributed by atoms with Gasteiger partial charge in [0, 0.05) is 23.5 Å². The normalized spacial score (nSPS) is 14.3. The Morgan fingerprint density at radius 2 is 1.95 bits per heavy atom.